The van der Waals surface area contributed by atoms with Crippen molar-refractivity contribution in [2.24, 2.45) is 11.8 Å². The molecule has 5 nitrogen and oxygen atoms in total. The highest BCUT2D eigenvalue weighted by Crippen LogP contribution is 2.55. The summed E-state index contributed by atoms with van der Waals surface area (Å²) in [5.74, 6) is -1.01. The minimum Gasteiger partial charge on any atom is -0.457 e. The SMILES string of the molecule is O=C(CF)OC1C2CC3C1OS(=O)(=O)C3C2. The van der Waals surface area contributed by atoms with Crippen molar-refractivity contribution in [1.82, 2.24) is 0 Å². The molecule has 0 amide bonds. The molecule has 2 bridgehead atoms. The lowest BCUT2D eigenvalue weighted by molar-refractivity contribution is -0.156. The van der Waals surface area contributed by atoms with Crippen molar-refractivity contribution in [2.45, 2.75) is 30.3 Å². The van der Waals surface area contributed by atoms with Gasteiger partial charge in [0, 0.05) is 11.8 Å². The third-order valence-electron chi connectivity index (χ3n) is 3.79. The average Bonchev–Trinajstić information content (AvgIpc) is 2.81. The number of carbonyl (C=O) groups is 1. The fourth-order valence-electron chi connectivity index (χ4n) is 3.23. The Morgan fingerprint density at radius 3 is 2.88 bits per heavy atom. The molecular weight excluding hydrogens is 239 g/mol. The van der Waals surface area contributed by atoms with E-state index >= 15 is 0 Å². The standard InChI is InChI=1S/C9H11FO5S/c10-3-7(11)14-8-4-1-5-6(2-4)16(12,13)15-9(5)8/h4-6,8-9H,1-3H2. The predicted octanol–water partition coefficient (Wildman–Crippen LogP) is 0.00470. The molecule has 90 valence electrons. The summed E-state index contributed by atoms with van der Waals surface area (Å²) in [6.45, 7) is -1.18. The van der Waals surface area contributed by atoms with Crippen LogP contribution in [0.15, 0.2) is 0 Å². The van der Waals surface area contributed by atoms with Crippen molar-refractivity contribution in [3.05, 3.63) is 0 Å². The molecule has 0 spiro atoms. The molecule has 0 N–H and O–H groups in total. The zero-order valence-electron chi connectivity index (χ0n) is 8.34. The summed E-state index contributed by atoms with van der Waals surface area (Å²) in [7, 11) is -3.49. The van der Waals surface area contributed by atoms with E-state index < -0.39 is 40.2 Å². The van der Waals surface area contributed by atoms with E-state index in [4.69, 9.17) is 8.92 Å². The Bertz CT molecular complexity index is 433. The molecule has 5 atom stereocenters. The lowest BCUT2D eigenvalue weighted by atomic mass is 9.94. The topological polar surface area (TPSA) is 69.7 Å². The summed E-state index contributed by atoms with van der Waals surface area (Å²) in [5.41, 5.74) is 0. The van der Waals surface area contributed by atoms with E-state index in [2.05, 4.69) is 0 Å². The van der Waals surface area contributed by atoms with Crippen molar-refractivity contribution in [1.29, 1.82) is 0 Å². The normalized spacial score (nSPS) is 47.2. The Labute approximate surface area is 92.0 Å². The van der Waals surface area contributed by atoms with Gasteiger partial charge in [-0.1, -0.05) is 0 Å². The zero-order chi connectivity index (χ0) is 11.5. The number of hydrogen-bond donors (Lipinski definition) is 0. The van der Waals surface area contributed by atoms with Gasteiger partial charge in [0.1, 0.15) is 12.2 Å². The summed E-state index contributed by atoms with van der Waals surface area (Å²) in [6.07, 6.45) is -0.00183. The Hall–Kier alpha value is -0.690. The number of ether oxygens (including phenoxy) is 1. The minimum atomic E-state index is -3.49. The molecule has 7 heteroatoms. The summed E-state index contributed by atoms with van der Waals surface area (Å²) in [5, 5.41) is -0.442. The molecule has 2 aliphatic carbocycles. The molecule has 0 aromatic heterocycles. The van der Waals surface area contributed by atoms with Crippen molar-refractivity contribution >= 4 is 16.1 Å². The van der Waals surface area contributed by atoms with E-state index in [9.17, 15) is 17.6 Å². The first-order valence-corrected chi connectivity index (χ1v) is 6.67. The fraction of sp³-hybridized carbons (Fsp3) is 0.889. The largest absolute Gasteiger partial charge is 0.457 e. The van der Waals surface area contributed by atoms with Crippen molar-refractivity contribution in [3.8, 4) is 0 Å². The average molecular weight is 250 g/mol. The molecule has 1 saturated heterocycles. The van der Waals surface area contributed by atoms with Crippen LogP contribution in [0.25, 0.3) is 0 Å². The van der Waals surface area contributed by atoms with Crippen molar-refractivity contribution in [3.63, 3.8) is 0 Å². The molecule has 3 aliphatic rings. The molecule has 0 aromatic carbocycles. The lowest BCUT2D eigenvalue weighted by Gasteiger charge is -2.24. The van der Waals surface area contributed by atoms with E-state index in [1.54, 1.807) is 0 Å². The molecule has 5 unspecified atom stereocenters. The molecule has 0 aromatic rings. The second-order valence-corrected chi connectivity index (χ2v) is 6.36. The van der Waals surface area contributed by atoms with E-state index in [0.29, 0.717) is 12.8 Å². The third kappa shape index (κ3) is 1.24. The van der Waals surface area contributed by atoms with Gasteiger partial charge >= 0.3 is 5.97 Å². The van der Waals surface area contributed by atoms with Crippen LogP contribution in [0.2, 0.25) is 0 Å². The maximum atomic E-state index is 12.0. The Morgan fingerprint density at radius 2 is 2.19 bits per heavy atom. The van der Waals surface area contributed by atoms with Crippen LogP contribution in [-0.4, -0.2) is 38.5 Å². The van der Waals surface area contributed by atoms with Crippen LogP contribution >= 0.6 is 0 Å². The van der Waals surface area contributed by atoms with Gasteiger partial charge in [-0.05, 0) is 12.8 Å². The van der Waals surface area contributed by atoms with Crippen LogP contribution in [0.4, 0.5) is 4.39 Å². The molecule has 3 fully saturated rings. The maximum absolute atomic E-state index is 12.0. The monoisotopic (exact) mass is 250 g/mol. The Morgan fingerprint density at radius 1 is 1.44 bits per heavy atom. The first-order chi connectivity index (χ1) is 7.53. The number of fused-ring (bicyclic) bond motifs is 1. The number of rotatable bonds is 2. The van der Waals surface area contributed by atoms with E-state index in [-0.39, 0.29) is 11.8 Å². The van der Waals surface area contributed by atoms with Crippen LogP contribution in [0, 0.1) is 11.8 Å². The lowest BCUT2D eigenvalue weighted by Crippen LogP contribution is -2.37. The summed E-state index contributed by atoms with van der Waals surface area (Å²) >= 11 is 0. The van der Waals surface area contributed by atoms with Gasteiger partial charge in [-0.15, -0.1) is 0 Å². The van der Waals surface area contributed by atoms with Crippen LogP contribution in [-0.2, 0) is 23.8 Å². The number of halogens is 1. The second kappa shape index (κ2) is 3.16. The summed E-state index contributed by atoms with van der Waals surface area (Å²) < 4.78 is 45.0. The van der Waals surface area contributed by atoms with Gasteiger partial charge in [0.2, 0.25) is 0 Å². The van der Waals surface area contributed by atoms with Crippen LogP contribution in [0.3, 0.4) is 0 Å². The van der Waals surface area contributed by atoms with Gasteiger partial charge in [-0.25, -0.2) is 9.18 Å². The Kier molecular flexibility index (Phi) is 2.07. The van der Waals surface area contributed by atoms with Gasteiger partial charge in [0.15, 0.2) is 6.67 Å². The molecule has 16 heavy (non-hydrogen) atoms. The van der Waals surface area contributed by atoms with Gasteiger partial charge in [-0.3, -0.25) is 4.18 Å². The van der Waals surface area contributed by atoms with Gasteiger partial charge in [0.25, 0.3) is 10.1 Å². The first-order valence-electron chi connectivity index (χ1n) is 5.20. The molecule has 3 rings (SSSR count). The predicted molar refractivity (Wildman–Crippen MR) is 49.6 cm³/mol. The van der Waals surface area contributed by atoms with E-state index in [0.717, 1.165) is 0 Å². The van der Waals surface area contributed by atoms with Gasteiger partial charge < -0.3 is 4.74 Å². The molecule has 1 aliphatic heterocycles. The van der Waals surface area contributed by atoms with E-state index in [1.807, 2.05) is 0 Å². The number of hydrogen-bond acceptors (Lipinski definition) is 5. The fourth-order valence-corrected chi connectivity index (χ4v) is 5.11. The summed E-state index contributed by atoms with van der Waals surface area (Å²) in [4.78, 5) is 10.9. The van der Waals surface area contributed by atoms with Gasteiger partial charge in [0.05, 0.1) is 5.25 Å². The highest BCUT2D eigenvalue weighted by Gasteiger charge is 2.65. The molecule has 0 radical (unpaired) electrons. The summed E-state index contributed by atoms with van der Waals surface area (Å²) in [6, 6.07) is 0. The minimum absolute atomic E-state index is 0.00720. The van der Waals surface area contributed by atoms with Crippen LogP contribution in [0.1, 0.15) is 12.8 Å². The third-order valence-corrected chi connectivity index (χ3v) is 5.56. The van der Waals surface area contributed by atoms with Crippen LogP contribution < -0.4 is 0 Å². The molecule has 1 heterocycles. The highest BCUT2D eigenvalue weighted by molar-refractivity contribution is 7.87. The van der Waals surface area contributed by atoms with Crippen LogP contribution in [0.5, 0.6) is 0 Å². The van der Waals surface area contributed by atoms with Gasteiger partial charge in [-0.2, -0.15) is 8.42 Å². The highest BCUT2D eigenvalue weighted by atomic mass is 32.2. The van der Waals surface area contributed by atoms with Crippen molar-refractivity contribution in [2.75, 3.05) is 6.67 Å². The zero-order valence-corrected chi connectivity index (χ0v) is 9.15. The molecule has 2 saturated carbocycles. The van der Waals surface area contributed by atoms with E-state index in [1.165, 1.54) is 0 Å². The second-order valence-electron chi connectivity index (χ2n) is 4.58. The first kappa shape index (κ1) is 10.5. The number of alkyl halides is 1. The smallest absolute Gasteiger partial charge is 0.337 e. The quantitative estimate of drug-likeness (QED) is 0.510. The Balaban J connectivity index is 1.84. The maximum Gasteiger partial charge on any atom is 0.337 e. The van der Waals surface area contributed by atoms with Crippen molar-refractivity contribution < 1.29 is 26.5 Å². The number of carbonyl (C=O) groups excluding carboxylic acids is 1. The molecular formula is C9H11FO5S. The number of esters is 1.